The van der Waals surface area contributed by atoms with Gasteiger partial charge < -0.3 is 5.11 Å². The number of halogens is 2. The molecule has 11 heteroatoms. The Kier molecular flexibility index (Phi) is 5.25. The van der Waals surface area contributed by atoms with Crippen LogP contribution in [0.1, 0.15) is 5.56 Å². The van der Waals surface area contributed by atoms with Crippen molar-refractivity contribution in [2.24, 2.45) is 0 Å². The van der Waals surface area contributed by atoms with Crippen molar-refractivity contribution >= 4 is 75.1 Å². The fraction of sp³-hybridized carbons (Fsp3) is 0.0833. The zero-order valence-electron chi connectivity index (χ0n) is 11.0. The van der Waals surface area contributed by atoms with Crippen molar-refractivity contribution in [2.75, 3.05) is 6.54 Å². The number of carbonyl (C=O) groups excluding carboxylic acids is 1. The number of hydrogen-bond donors (Lipinski definition) is 1. The van der Waals surface area contributed by atoms with Crippen molar-refractivity contribution in [3.05, 3.63) is 42.8 Å². The van der Waals surface area contributed by atoms with Crippen LogP contribution < -0.4 is 0 Å². The number of benzene rings is 1. The molecule has 23 heavy (non-hydrogen) atoms. The fourth-order valence-electron chi connectivity index (χ4n) is 1.72. The van der Waals surface area contributed by atoms with Gasteiger partial charge in [0, 0.05) is 16.7 Å². The maximum absolute atomic E-state index is 12.1. The van der Waals surface area contributed by atoms with E-state index in [1.54, 1.807) is 0 Å². The molecule has 0 unspecified atom stereocenters. The highest BCUT2D eigenvalue weighted by Gasteiger charge is 2.33. The number of aliphatic carboxylic acids is 1. The monoisotopic (exact) mass is 392 g/mol. The maximum atomic E-state index is 12.1. The summed E-state index contributed by atoms with van der Waals surface area (Å²) in [6, 6.07) is 2.33. The molecule has 1 aliphatic heterocycles. The number of nitrogens with zero attached hydrogens (tertiary/aromatic N) is 2. The van der Waals surface area contributed by atoms with Gasteiger partial charge in [0.15, 0.2) is 0 Å². The highest BCUT2D eigenvalue weighted by atomic mass is 35.5. The molecule has 0 radical (unpaired) electrons. The number of amides is 1. The van der Waals surface area contributed by atoms with Crippen LogP contribution in [0.2, 0.25) is 10.0 Å². The molecule has 2 rings (SSSR count). The van der Waals surface area contributed by atoms with E-state index < -0.39 is 23.3 Å². The van der Waals surface area contributed by atoms with Gasteiger partial charge in [0.05, 0.1) is 9.83 Å². The van der Waals surface area contributed by atoms with Gasteiger partial charge >= 0.3 is 5.97 Å². The number of rotatable bonds is 4. The largest absolute Gasteiger partial charge is 0.480 e. The molecule has 7 nitrogen and oxygen atoms in total. The topological polar surface area (TPSA) is 101 Å². The van der Waals surface area contributed by atoms with Gasteiger partial charge in [-0.1, -0.05) is 47.2 Å². The third-order valence-corrected chi connectivity index (χ3v) is 4.72. The number of nitro groups is 1. The second-order valence-corrected chi connectivity index (χ2v) is 6.73. The number of thiocarbonyl (C=S) groups is 1. The Labute approximate surface area is 149 Å². The smallest absolute Gasteiger partial charge is 0.323 e. The lowest BCUT2D eigenvalue weighted by atomic mass is 10.2. The molecule has 1 aromatic carbocycles. The third-order valence-electron chi connectivity index (χ3n) is 2.72. The van der Waals surface area contributed by atoms with Crippen LogP contribution in [0.25, 0.3) is 6.08 Å². The van der Waals surface area contributed by atoms with Crippen LogP contribution in [0.5, 0.6) is 0 Å². The lowest BCUT2D eigenvalue weighted by Gasteiger charge is -2.10. The van der Waals surface area contributed by atoms with Crippen molar-refractivity contribution in [1.82, 2.24) is 4.90 Å². The normalized spacial score (nSPS) is 16.3. The molecule has 1 saturated heterocycles. The summed E-state index contributed by atoms with van der Waals surface area (Å²) in [5, 5.41) is 19.7. The summed E-state index contributed by atoms with van der Waals surface area (Å²) in [4.78, 5) is 34.1. The van der Waals surface area contributed by atoms with Crippen molar-refractivity contribution in [3.8, 4) is 0 Å². The lowest BCUT2D eigenvalue weighted by molar-refractivity contribution is -0.384. The standard InChI is InChI=1S/C12H6Cl2N2O5S2/c13-6-3-7(14)8(16(20)21)1-5(6)2-9-11(19)15(4-10(17)18)12(22)23-9/h1-3H,4H2,(H,17,18)/b9-2+. The minimum absolute atomic E-state index is 0.0863. The Hall–Kier alpha value is -1.68. The van der Waals surface area contributed by atoms with Gasteiger partial charge in [-0.3, -0.25) is 24.6 Å². The van der Waals surface area contributed by atoms with E-state index in [0.29, 0.717) is 0 Å². The highest BCUT2D eigenvalue weighted by Crippen LogP contribution is 2.36. The first-order valence-electron chi connectivity index (χ1n) is 5.81. The summed E-state index contributed by atoms with van der Waals surface area (Å²) in [6.45, 7) is -0.559. The predicted molar refractivity (Wildman–Crippen MR) is 90.6 cm³/mol. The van der Waals surface area contributed by atoms with E-state index in [-0.39, 0.29) is 30.5 Å². The van der Waals surface area contributed by atoms with Crippen molar-refractivity contribution < 1.29 is 19.6 Å². The highest BCUT2D eigenvalue weighted by molar-refractivity contribution is 8.26. The van der Waals surface area contributed by atoms with E-state index in [0.717, 1.165) is 22.7 Å². The van der Waals surface area contributed by atoms with Gasteiger partial charge in [0.25, 0.3) is 11.6 Å². The predicted octanol–water partition coefficient (Wildman–Crippen LogP) is 3.19. The Morgan fingerprint density at radius 2 is 2.09 bits per heavy atom. The average Bonchev–Trinajstić information content (AvgIpc) is 2.68. The maximum Gasteiger partial charge on any atom is 0.323 e. The molecule has 0 bridgehead atoms. The molecule has 1 N–H and O–H groups in total. The van der Waals surface area contributed by atoms with Crippen LogP contribution in [0.15, 0.2) is 17.0 Å². The summed E-state index contributed by atoms with van der Waals surface area (Å²) >= 11 is 17.6. The zero-order chi connectivity index (χ0) is 17.3. The molecular formula is C12H6Cl2N2O5S2. The van der Waals surface area contributed by atoms with Crippen LogP contribution in [-0.2, 0) is 9.59 Å². The van der Waals surface area contributed by atoms with Gasteiger partial charge in [0.2, 0.25) is 0 Å². The van der Waals surface area contributed by atoms with E-state index in [1.165, 1.54) is 12.1 Å². The van der Waals surface area contributed by atoms with E-state index >= 15 is 0 Å². The Morgan fingerprint density at radius 3 is 2.65 bits per heavy atom. The van der Waals surface area contributed by atoms with E-state index in [1.807, 2.05) is 0 Å². The van der Waals surface area contributed by atoms with Crippen molar-refractivity contribution in [2.45, 2.75) is 0 Å². The second-order valence-electron chi connectivity index (χ2n) is 4.24. The minimum Gasteiger partial charge on any atom is -0.480 e. The van der Waals surface area contributed by atoms with Gasteiger partial charge in [-0.15, -0.1) is 0 Å². The van der Waals surface area contributed by atoms with E-state index in [2.05, 4.69) is 0 Å². The molecule has 1 heterocycles. The summed E-state index contributed by atoms with van der Waals surface area (Å²) in [6.07, 6.45) is 1.31. The van der Waals surface area contributed by atoms with Crippen LogP contribution in [0.3, 0.4) is 0 Å². The molecule has 1 fully saturated rings. The fourth-order valence-corrected chi connectivity index (χ4v) is 3.47. The lowest BCUT2D eigenvalue weighted by Crippen LogP contribution is -2.33. The first kappa shape index (κ1) is 17.7. The van der Waals surface area contributed by atoms with Crippen molar-refractivity contribution in [3.63, 3.8) is 0 Å². The van der Waals surface area contributed by atoms with Crippen molar-refractivity contribution in [1.29, 1.82) is 0 Å². The molecule has 0 spiro atoms. The molecule has 1 aliphatic rings. The Balaban J connectivity index is 2.41. The number of hydrogen-bond acceptors (Lipinski definition) is 6. The van der Waals surface area contributed by atoms with Gasteiger partial charge in [-0.2, -0.15) is 0 Å². The molecule has 120 valence electrons. The van der Waals surface area contributed by atoms with Gasteiger partial charge in [0.1, 0.15) is 15.9 Å². The number of carbonyl (C=O) groups is 2. The van der Waals surface area contributed by atoms with Crippen LogP contribution >= 0.6 is 47.2 Å². The molecule has 0 saturated carbocycles. The molecule has 1 aromatic rings. The first-order chi connectivity index (χ1) is 10.7. The number of carboxylic acid groups (broad SMARTS) is 1. The van der Waals surface area contributed by atoms with E-state index in [9.17, 15) is 19.7 Å². The molecule has 0 atom stereocenters. The van der Waals surface area contributed by atoms with Crippen LogP contribution in [-0.4, -0.2) is 37.7 Å². The zero-order valence-corrected chi connectivity index (χ0v) is 14.1. The van der Waals surface area contributed by atoms with Gasteiger partial charge in [-0.05, 0) is 12.1 Å². The third kappa shape index (κ3) is 3.81. The van der Waals surface area contributed by atoms with Crippen LogP contribution in [0.4, 0.5) is 5.69 Å². The minimum atomic E-state index is -1.21. The number of nitro benzene ring substituents is 1. The average molecular weight is 393 g/mol. The number of carboxylic acids is 1. The summed E-state index contributed by atoms with van der Waals surface area (Å²) < 4.78 is 0.0863. The number of thioether (sulfide) groups is 1. The molecule has 0 aromatic heterocycles. The molecule has 0 aliphatic carbocycles. The van der Waals surface area contributed by atoms with Gasteiger partial charge in [-0.25, -0.2) is 0 Å². The second kappa shape index (κ2) is 6.83. The Morgan fingerprint density at radius 1 is 1.43 bits per heavy atom. The summed E-state index contributed by atoms with van der Waals surface area (Å²) in [5.74, 6) is -1.81. The van der Waals surface area contributed by atoms with Crippen LogP contribution in [0, 0.1) is 10.1 Å². The summed E-state index contributed by atoms with van der Waals surface area (Å²) in [7, 11) is 0. The SMILES string of the molecule is O=C(O)CN1C(=O)/C(=C\c2cc([N+](=O)[O-])c(Cl)cc2Cl)SC1=S. The summed E-state index contributed by atoms with van der Waals surface area (Å²) in [5.41, 5.74) is -0.151. The Bertz CT molecular complexity index is 781. The molecule has 1 amide bonds. The molecular weight excluding hydrogens is 387 g/mol. The quantitative estimate of drug-likeness (QED) is 0.363. The first-order valence-corrected chi connectivity index (χ1v) is 7.79. The van der Waals surface area contributed by atoms with E-state index in [4.69, 9.17) is 40.5 Å².